The van der Waals surface area contributed by atoms with Crippen molar-refractivity contribution in [2.75, 3.05) is 40.6 Å². The average Bonchev–Trinajstić information content (AvgIpc) is 2.65. The van der Waals surface area contributed by atoms with Crippen molar-refractivity contribution in [2.24, 2.45) is 23.3 Å². The maximum atomic E-state index is 10.7. The van der Waals surface area contributed by atoms with Crippen molar-refractivity contribution in [2.45, 2.75) is 12.1 Å². The summed E-state index contributed by atoms with van der Waals surface area (Å²) in [5.41, 5.74) is 11.0. The second-order valence-corrected chi connectivity index (χ2v) is 5.91. The van der Waals surface area contributed by atoms with Gasteiger partial charge in [-0.1, -0.05) is 0 Å². The SMILES string of the molecule is COC(=O)C(N)C1COC1.COC(=O)C(N)C1COC1.O=C(O)C(=O)O.O=C(O)C(=O)O. The highest BCUT2D eigenvalue weighted by Crippen LogP contribution is 2.14. The summed E-state index contributed by atoms with van der Waals surface area (Å²) in [6.45, 7) is 2.32. The van der Waals surface area contributed by atoms with Gasteiger partial charge < -0.3 is 50.8 Å². The normalized spacial score (nSPS) is 16.1. The highest BCUT2D eigenvalue weighted by molar-refractivity contribution is 6.27. The molecule has 16 heteroatoms. The molecule has 0 spiro atoms. The third-order valence-electron chi connectivity index (χ3n) is 3.66. The van der Waals surface area contributed by atoms with Crippen LogP contribution in [0.3, 0.4) is 0 Å². The minimum atomic E-state index is -1.82. The number of esters is 2. The molecule has 2 atom stereocenters. The van der Waals surface area contributed by atoms with E-state index in [1.807, 2.05) is 0 Å². The number of carbonyl (C=O) groups excluding carboxylic acids is 2. The van der Waals surface area contributed by atoms with E-state index in [-0.39, 0.29) is 23.8 Å². The zero-order chi connectivity index (χ0) is 25.4. The average molecular weight is 470 g/mol. The van der Waals surface area contributed by atoms with Crippen molar-refractivity contribution < 1.29 is 68.1 Å². The molecule has 32 heavy (non-hydrogen) atoms. The van der Waals surface area contributed by atoms with Gasteiger partial charge in [-0.05, 0) is 0 Å². The molecule has 0 aromatic carbocycles. The first-order chi connectivity index (χ1) is 14.8. The summed E-state index contributed by atoms with van der Waals surface area (Å²) in [5, 5.41) is 29.6. The first kappa shape index (κ1) is 30.9. The van der Waals surface area contributed by atoms with E-state index in [0.29, 0.717) is 26.4 Å². The molecule has 0 radical (unpaired) electrons. The van der Waals surface area contributed by atoms with E-state index in [9.17, 15) is 9.59 Å². The van der Waals surface area contributed by atoms with Crippen LogP contribution in [0.25, 0.3) is 0 Å². The predicted octanol–water partition coefficient (Wildman–Crippen LogP) is -3.42. The second-order valence-electron chi connectivity index (χ2n) is 5.91. The number of carboxylic acids is 4. The van der Waals surface area contributed by atoms with Gasteiger partial charge in [0, 0.05) is 11.8 Å². The maximum absolute atomic E-state index is 10.7. The second kappa shape index (κ2) is 16.4. The lowest BCUT2D eigenvalue weighted by atomic mass is 9.99. The van der Waals surface area contributed by atoms with Crippen molar-refractivity contribution >= 4 is 35.8 Å². The van der Waals surface area contributed by atoms with Gasteiger partial charge in [0.2, 0.25) is 0 Å². The summed E-state index contributed by atoms with van der Waals surface area (Å²) in [4.78, 5) is 57.9. The minimum Gasteiger partial charge on any atom is -0.473 e. The summed E-state index contributed by atoms with van der Waals surface area (Å²) in [7, 11) is 2.67. The largest absolute Gasteiger partial charge is 0.473 e. The number of aliphatic carboxylic acids is 4. The van der Waals surface area contributed by atoms with Gasteiger partial charge in [0.15, 0.2) is 0 Å². The van der Waals surface area contributed by atoms with Crippen molar-refractivity contribution in [3.63, 3.8) is 0 Å². The molecule has 8 N–H and O–H groups in total. The summed E-state index contributed by atoms with van der Waals surface area (Å²) in [6, 6.07) is -1.00. The standard InChI is InChI=1S/2C6H11NO3.2C2H2O4/c2*1-9-6(8)5(7)4-2-10-3-4;2*3-1(4)2(5)6/h2*4-5H,2-3,7H2,1H3;2*(H,3,4)(H,5,6). The Kier molecular flexibility index (Phi) is 15.8. The molecule has 0 aliphatic carbocycles. The molecular formula is C16H26N2O14. The first-order valence-corrected chi connectivity index (χ1v) is 8.54. The summed E-state index contributed by atoms with van der Waals surface area (Å²) in [5.74, 6) is -7.68. The molecule has 2 rings (SSSR count). The van der Waals surface area contributed by atoms with Gasteiger partial charge in [-0.25, -0.2) is 19.2 Å². The number of methoxy groups -OCH3 is 2. The molecule has 16 nitrogen and oxygen atoms in total. The van der Waals surface area contributed by atoms with E-state index in [0.717, 1.165) is 0 Å². The number of ether oxygens (including phenoxy) is 4. The fraction of sp³-hybridized carbons (Fsp3) is 0.625. The lowest BCUT2D eigenvalue weighted by molar-refractivity contribution is -0.159. The van der Waals surface area contributed by atoms with Gasteiger partial charge in [-0.2, -0.15) is 0 Å². The van der Waals surface area contributed by atoms with Crippen molar-refractivity contribution in [3.05, 3.63) is 0 Å². The van der Waals surface area contributed by atoms with Crippen LogP contribution in [0.1, 0.15) is 0 Å². The Morgan fingerprint density at radius 1 is 0.656 bits per heavy atom. The number of carbonyl (C=O) groups is 6. The molecule has 2 saturated heterocycles. The lowest BCUT2D eigenvalue weighted by Gasteiger charge is -2.29. The third-order valence-corrected chi connectivity index (χ3v) is 3.66. The third kappa shape index (κ3) is 13.1. The van der Waals surface area contributed by atoms with Crippen LogP contribution in [-0.4, -0.2) is 109 Å². The van der Waals surface area contributed by atoms with Crippen LogP contribution >= 0.6 is 0 Å². The Morgan fingerprint density at radius 3 is 0.969 bits per heavy atom. The van der Waals surface area contributed by atoms with Gasteiger partial charge in [0.1, 0.15) is 12.1 Å². The molecule has 2 fully saturated rings. The number of nitrogens with two attached hydrogens (primary N) is 2. The fourth-order valence-corrected chi connectivity index (χ4v) is 1.58. The smallest absolute Gasteiger partial charge is 0.414 e. The van der Waals surface area contributed by atoms with E-state index >= 15 is 0 Å². The Labute approximate surface area is 180 Å². The van der Waals surface area contributed by atoms with E-state index in [1.54, 1.807) is 0 Å². The Morgan fingerprint density at radius 2 is 0.875 bits per heavy atom. The molecule has 0 saturated carbocycles. The quantitative estimate of drug-likeness (QED) is 0.172. The Hall–Kier alpha value is -3.34. The monoisotopic (exact) mass is 470 g/mol. The molecule has 2 heterocycles. The molecule has 0 aromatic heterocycles. The van der Waals surface area contributed by atoms with Crippen LogP contribution in [-0.2, 0) is 47.7 Å². The van der Waals surface area contributed by atoms with Crippen LogP contribution in [0.2, 0.25) is 0 Å². The summed E-state index contributed by atoms with van der Waals surface area (Å²) in [6.07, 6.45) is 0. The molecule has 184 valence electrons. The molecule has 2 aliphatic heterocycles. The zero-order valence-electron chi connectivity index (χ0n) is 17.2. The van der Waals surface area contributed by atoms with Gasteiger partial charge >= 0.3 is 35.8 Å². The van der Waals surface area contributed by atoms with E-state index < -0.39 is 36.0 Å². The van der Waals surface area contributed by atoms with Crippen LogP contribution in [0.4, 0.5) is 0 Å². The molecule has 2 aliphatic rings. The zero-order valence-corrected chi connectivity index (χ0v) is 17.2. The molecule has 0 aromatic rings. The molecular weight excluding hydrogens is 444 g/mol. The highest BCUT2D eigenvalue weighted by Gasteiger charge is 2.31. The van der Waals surface area contributed by atoms with Crippen LogP contribution in [0, 0.1) is 11.8 Å². The van der Waals surface area contributed by atoms with Crippen LogP contribution < -0.4 is 11.5 Å². The van der Waals surface area contributed by atoms with Gasteiger partial charge in [0.05, 0.1) is 40.6 Å². The van der Waals surface area contributed by atoms with Crippen LogP contribution in [0.15, 0.2) is 0 Å². The molecule has 2 unspecified atom stereocenters. The first-order valence-electron chi connectivity index (χ1n) is 8.54. The van der Waals surface area contributed by atoms with E-state index in [4.69, 9.17) is 60.5 Å². The molecule has 0 bridgehead atoms. The Balaban J connectivity index is 0. The summed E-state index contributed by atoms with van der Waals surface area (Å²) >= 11 is 0. The van der Waals surface area contributed by atoms with Crippen molar-refractivity contribution in [1.29, 1.82) is 0 Å². The number of rotatable bonds is 4. The van der Waals surface area contributed by atoms with Crippen molar-refractivity contribution in [3.8, 4) is 0 Å². The maximum Gasteiger partial charge on any atom is 0.414 e. The lowest BCUT2D eigenvalue weighted by Crippen LogP contribution is -2.48. The topological polar surface area (TPSA) is 272 Å². The number of hydrogen-bond donors (Lipinski definition) is 6. The van der Waals surface area contributed by atoms with Gasteiger partial charge in [0.25, 0.3) is 0 Å². The number of hydrogen-bond acceptors (Lipinski definition) is 12. The minimum absolute atomic E-state index is 0.160. The Bertz CT molecular complexity index is 579. The number of carboxylic acid groups (broad SMARTS) is 4. The fourth-order valence-electron chi connectivity index (χ4n) is 1.58. The summed E-state index contributed by atoms with van der Waals surface area (Å²) < 4.78 is 18.6. The van der Waals surface area contributed by atoms with Crippen LogP contribution in [0.5, 0.6) is 0 Å². The predicted molar refractivity (Wildman–Crippen MR) is 99.1 cm³/mol. The van der Waals surface area contributed by atoms with Gasteiger partial charge in [-0.3, -0.25) is 9.59 Å². The van der Waals surface area contributed by atoms with E-state index in [1.165, 1.54) is 14.2 Å². The molecule has 0 amide bonds. The van der Waals surface area contributed by atoms with E-state index in [2.05, 4.69) is 9.47 Å². The highest BCUT2D eigenvalue weighted by atomic mass is 16.5. The van der Waals surface area contributed by atoms with Crippen molar-refractivity contribution in [1.82, 2.24) is 0 Å². The van der Waals surface area contributed by atoms with Gasteiger partial charge in [-0.15, -0.1) is 0 Å².